The van der Waals surface area contributed by atoms with Crippen molar-refractivity contribution < 1.29 is 41.4 Å². The quantitative estimate of drug-likeness (QED) is 0.154. The topological polar surface area (TPSA) is 146 Å². The minimum absolute atomic E-state index is 0.00623. The summed E-state index contributed by atoms with van der Waals surface area (Å²) in [4.78, 5) is 49.4. The Hall–Kier alpha value is -3.71. The van der Waals surface area contributed by atoms with E-state index in [-0.39, 0.29) is 30.2 Å². The summed E-state index contributed by atoms with van der Waals surface area (Å²) in [7, 11) is -3.18. The Kier molecular flexibility index (Phi) is 8.83. The molecule has 0 fully saturated rings. The molecule has 2 amide bonds. The smallest absolute Gasteiger partial charge is 0.366 e. The monoisotopic (exact) mass is 534 g/mol. The first-order chi connectivity index (χ1) is 17.1. The first-order valence-corrected chi connectivity index (χ1v) is 12.9. The highest BCUT2D eigenvalue weighted by molar-refractivity contribution is 8.15. The third-order valence-corrected chi connectivity index (χ3v) is 6.93. The summed E-state index contributed by atoms with van der Waals surface area (Å²) >= 11 is 0.739. The maximum Gasteiger partial charge on any atom is 0.366 e. The number of benzene rings is 2. The van der Waals surface area contributed by atoms with Crippen molar-refractivity contribution >= 4 is 50.7 Å². The molecule has 0 atom stereocenters. The van der Waals surface area contributed by atoms with E-state index >= 15 is 0 Å². The normalized spacial score (nSPS) is 13.4. The first kappa shape index (κ1) is 26.9. The molecule has 0 bridgehead atoms. The maximum absolute atomic E-state index is 12.3. The molecule has 0 spiro atoms. The van der Waals surface area contributed by atoms with E-state index in [1.165, 1.54) is 12.1 Å². The van der Waals surface area contributed by atoms with Crippen LogP contribution in [0.3, 0.4) is 0 Å². The van der Waals surface area contributed by atoms with Gasteiger partial charge in [0.1, 0.15) is 11.5 Å². The lowest BCUT2D eigenvalue weighted by atomic mass is 10.1. The highest BCUT2D eigenvalue weighted by atomic mass is 32.2. The van der Waals surface area contributed by atoms with Crippen molar-refractivity contribution in [3.63, 3.8) is 0 Å². The third-order valence-electron chi connectivity index (χ3n) is 4.89. The number of hydrogen-bond donors (Lipinski definition) is 0. The van der Waals surface area contributed by atoms with Crippen LogP contribution in [-0.4, -0.2) is 68.1 Å². The predicted molar refractivity (Wildman–Crippen MR) is 129 cm³/mol. The summed E-state index contributed by atoms with van der Waals surface area (Å²) in [5.74, 6) is -2.52. The third kappa shape index (κ3) is 6.49. The van der Waals surface area contributed by atoms with Crippen LogP contribution in [0, 0.1) is 6.92 Å². The summed E-state index contributed by atoms with van der Waals surface area (Å²) < 4.78 is 38.8. The summed E-state index contributed by atoms with van der Waals surface area (Å²) in [6, 6.07) is 12.2. The van der Waals surface area contributed by atoms with Crippen LogP contribution in [0.4, 0.5) is 0 Å². The van der Waals surface area contributed by atoms with Crippen molar-refractivity contribution in [1.82, 2.24) is 4.90 Å². The van der Waals surface area contributed by atoms with E-state index in [4.69, 9.17) is 4.74 Å². The number of imide groups is 1. The Balaban J connectivity index is 1.48. The van der Waals surface area contributed by atoms with Crippen LogP contribution in [0.5, 0.6) is 0 Å². The van der Waals surface area contributed by atoms with E-state index in [2.05, 4.69) is 14.2 Å². The molecule has 2 aromatic carbocycles. The average Bonchev–Trinajstić information content (AvgIpc) is 3.11. The zero-order chi connectivity index (χ0) is 26.3. The molecule has 0 aromatic heterocycles. The van der Waals surface area contributed by atoms with Crippen molar-refractivity contribution in [2.75, 3.05) is 26.0 Å². The van der Waals surface area contributed by atoms with Gasteiger partial charge in [-0.2, -0.15) is 8.42 Å². The molecule has 0 saturated heterocycles. The summed E-state index contributed by atoms with van der Waals surface area (Å²) in [5.41, 5.74) is 1.44. The number of methoxy groups -OCH3 is 1. The molecule has 0 saturated carbocycles. The number of carbonyl (C=O) groups is 4. The first-order valence-electron chi connectivity index (χ1n) is 10.5. The number of nitrogens with zero attached hydrogens (tertiary/aromatic N) is 2. The largest absolute Gasteiger partial charge is 0.464 e. The van der Waals surface area contributed by atoms with Gasteiger partial charge in [-0.05, 0) is 31.2 Å². The van der Waals surface area contributed by atoms with Crippen LogP contribution < -0.4 is 0 Å². The van der Waals surface area contributed by atoms with Crippen LogP contribution in [0.2, 0.25) is 0 Å². The molecule has 1 aliphatic rings. The molecular weight excluding hydrogens is 512 g/mol. The molecule has 190 valence electrons. The van der Waals surface area contributed by atoms with Crippen LogP contribution in [0.25, 0.3) is 0 Å². The van der Waals surface area contributed by atoms with E-state index < -0.39 is 38.9 Å². The van der Waals surface area contributed by atoms with Gasteiger partial charge in [0.15, 0.2) is 0 Å². The van der Waals surface area contributed by atoms with Crippen LogP contribution in [0.15, 0.2) is 58.6 Å². The second-order valence-electron chi connectivity index (χ2n) is 7.36. The number of hydrogen-bond acceptors (Lipinski definition) is 11. The summed E-state index contributed by atoms with van der Waals surface area (Å²) in [5, 5.41) is 2.99. The predicted octanol–water partition coefficient (Wildman–Crippen LogP) is 2.15. The fraction of sp³-hybridized carbons (Fsp3) is 0.261. The Morgan fingerprint density at radius 2 is 1.61 bits per heavy atom. The Morgan fingerprint density at radius 1 is 1.00 bits per heavy atom. The van der Waals surface area contributed by atoms with Crippen LogP contribution in [-0.2, 0) is 33.5 Å². The van der Waals surface area contributed by atoms with Crippen LogP contribution >= 0.6 is 11.8 Å². The molecule has 1 heterocycles. The second kappa shape index (κ2) is 11.8. The fourth-order valence-electron chi connectivity index (χ4n) is 3.04. The Bertz CT molecular complexity index is 1270. The molecule has 2 aromatic rings. The van der Waals surface area contributed by atoms with Gasteiger partial charge in [-0.15, -0.1) is 0 Å². The number of aryl methyl sites for hydroxylation is 1. The molecule has 3 rings (SSSR count). The van der Waals surface area contributed by atoms with E-state index in [0.29, 0.717) is 11.1 Å². The number of ether oxygens (including phenoxy) is 2. The minimum atomic E-state index is -4.26. The van der Waals surface area contributed by atoms with Gasteiger partial charge in [-0.1, -0.05) is 46.7 Å². The van der Waals surface area contributed by atoms with Gasteiger partial charge in [0, 0.05) is 5.75 Å². The zero-order valence-electron chi connectivity index (χ0n) is 19.3. The summed E-state index contributed by atoms with van der Waals surface area (Å²) in [6.45, 7) is 1.48. The van der Waals surface area contributed by atoms with Crippen molar-refractivity contribution in [3.05, 3.63) is 65.2 Å². The number of thioether (sulfide) groups is 1. The van der Waals surface area contributed by atoms with Gasteiger partial charge in [-0.3, -0.25) is 23.6 Å². The second-order valence-corrected chi connectivity index (χ2v) is 9.97. The van der Waals surface area contributed by atoms with Crippen molar-refractivity contribution in [2.24, 2.45) is 5.16 Å². The number of amides is 2. The number of esters is 2. The van der Waals surface area contributed by atoms with Gasteiger partial charge in [0.05, 0.1) is 31.2 Å². The molecule has 36 heavy (non-hydrogen) atoms. The van der Waals surface area contributed by atoms with Gasteiger partial charge in [0.2, 0.25) is 5.04 Å². The molecule has 0 N–H and O–H groups in total. The van der Waals surface area contributed by atoms with Crippen molar-refractivity contribution in [3.8, 4) is 0 Å². The van der Waals surface area contributed by atoms with Crippen molar-refractivity contribution in [2.45, 2.75) is 18.2 Å². The lowest BCUT2D eigenvalue weighted by Gasteiger charge is -2.13. The van der Waals surface area contributed by atoms with Gasteiger partial charge >= 0.3 is 22.1 Å². The number of oxime groups is 1. The lowest BCUT2D eigenvalue weighted by Crippen LogP contribution is -2.33. The van der Waals surface area contributed by atoms with Crippen molar-refractivity contribution in [1.29, 1.82) is 0 Å². The van der Waals surface area contributed by atoms with E-state index in [1.54, 1.807) is 43.3 Å². The number of rotatable bonds is 9. The Morgan fingerprint density at radius 3 is 2.19 bits per heavy atom. The summed E-state index contributed by atoms with van der Waals surface area (Å²) in [6.07, 6.45) is -0.173. The van der Waals surface area contributed by atoms with E-state index in [9.17, 15) is 27.6 Å². The molecular formula is C23H22N2O9S2. The highest BCUT2D eigenvalue weighted by Gasteiger charge is 2.34. The fourth-order valence-corrected chi connectivity index (χ4v) is 4.57. The molecule has 0 unspecified atom stereocenters. The average molecular weight is 535 g/mol. The van der Waals surface area contributed by atoms with Gasteiger partial charge in [-0.25, -0.2) is 4.79 Å². The zero-order valence-corrected chi connectivity index (χ0v) is 21.0. The molecule has 1 aliphatic heterocycles. The van der Waals surface area contributed by atoms with Gasteiger partial charge in [0.25, 0.3) is 11.8 Å². The highest BCUT2D eigenvalue weighted by Crippen LogP contribution is 2.22. The SMILES string of the molecule is COC(=O)/C(=N/OS(=O)(=O)c1ccc(C)cc1)SCCC(=O)OCCN1C(=O)c2ccccc2C1=O. The maximum atomic E-state index is 12.3. The molecule has 13 heteroatoms. The molecule has 0 radical (unpaired) electrons. The standard InChI is InChI=1S/C23H22N2O9S2/c1-15-7-9-16(10-8-15)36(30,31)34-24-20(23(29)32-2)35-14-11-19(26)33-13-12-25-21(27)17-5-3-4-6-18(17)22(25)28/h3-10H,11-14H2,1-2H3/b24-20-. The van der Waals surface area contributed by atoms with Gasteiger partial charge < -0.3 is 9.47 Å². The lowest BCUT2D eigenvalue weighted by molar-refractivity contribution is -0.143. The molecule has 11 nitrogen and oxygen atoms in total. The van der Waals surface area contributed by atoms with E-state index in [1.807, 2.05) is 0 Å². The Labute approximate surface area is 211 Å². The minimum Gasteiger partial charge on any atom is -0.464 e. The molecule has 0 aliphatic carbocycles. The van der Waals surface area contributed by atoms with Crippen LogP contribution in [0.1, 0.15) is 32.7 Å². The van der Waals surface area contributed by atoms with E-state index in [0.717, 1.165) is 29.3 Å². The number of carbonyl (C=O) groups excluding carboxylic acids is 4. The number of fused-ring (bicyclic) bond motifs is 1.